The van der Waals surface area contributed by atoms with Gasteiger partial charge >= 0.3 is 0 Å². The molecule has 31 heavy (non-hydrogen) atoms. The average Bonchev–Trinajstić information content (AvgIpc) is 2.78. The lowest BCUT2D eigenvalue weighted by Gasteiger charge is -2.36. The molecule has 0 unspecified atom stereocenters. The lowest BCUT2D eigenvalue weighted by molar-refractivity contribution is 0.0739. The van der Waals surface area contributed by atoms with Crippen molar-refractivity contribution in [3.8, 4) is 11.8 Å². The molecule has 0 aromatic heterocycles. The van der Waals surface area contributed by atoms with E-state index in [1.165, 1.54) is 18.2 Å². The zero-order chi connectivity index (χ0) is 22.4. The summed E-state index contributed by atoms with van der Waals surface area (Å²) in [7, 11) is -1.91. The molecule has 1 amide bonds. The van der Waals surface area contributed by atoms with E-state index in [-0.39, 0.29) is 23.0 Å². The van der Waals surface area contributed by atoms with E-state index in [1.54, 1.807) is 24.1 Å². The molecule has 0 spiro atoms. The molecule has 3 rings (SSSR count). The third-order valence-electron chi connectivity index (χ3n) is 5.08. The summed E-state index contributed by atoms with van der Waals surface area (Å²) in [5.74, 6) is 0.0707. The van der Waals surface area contributed by atoms with Crippen molar-refractivity contribution < 1.29 is 22.7 Å². The van der Waals surface area contributed by atoms with Gasteiger partial charge in [0, 0.05) is 45.2 Å². The number of sulfone groups is 1. The van der Waals surface area contributed by atoms with E-state index in [0.29, 0.717) is 44.1 Å². The Balaban J connectivity index is 1.76. The number of ether oxygens (including phenoxy) is 2. The molecule has 9 heteroatoms. The number of carbonyl (C=O) groups is 1. The zero-order valence-electron chi connectivity index (χ0n) is 17.6. The third kappa shape index (κ3) is 5.54. The van der Waals surface area contributed by atoms with E-state index in [2.05, 4.69) is 11.0 Å². The number of carbonyl (C=O) groups excluding carboxylic acids is 1. The van der Waals surface area contributed by atoms with Crippen LogP contribution in [0.2, 0.25) is 0 Å². The first kappa shape index (κ1) is 22.6. The Hall–Kier alpha value is -3.09. The van der Waals surface area contributed by atoms with Crippen LogP contribution in [0.15, 0.2) is 47.4 Å². The smallest absolute Gasteiger partial charge is 0.257 e. The normalized spacial score (nSPS) is 14.2. The summed E-state index contributed by atoms with van der Waals surface area (Å²) >= 11 is 0. The zero-order valence-corrected chi connectivity index (χ0v) is 18.4. The maximum atomic E-state index is 13.2. The fourth-order valence-electron chi connectivity index (χ4n) is 3.35. The van der Waals surface area contributed by atoms with Crippen LogP contribution < -0.4 is 9.64 Å². The molecular weight excluding hydrogens is 418 g/mol. The molecule has 1 fully saturated rings. The van der Waals surface area contributed by atoms with Gasteiger partial charge < -0.3 is 19.3 Å². The summed E-state index contributed by atoms with van der Waals surface area (Å²) < 4.78 is 34.6. The topological polar surface area (TPSA) is 99.9 Å². The lowest BCUT2D eigenvalue weighted by Crippen LogP contribution is -2.48. The van der Waals surface area contributed by atoms with Gasteiger partial charge in [0.25, 0.3) is 5.91 Å². The van der Waals surface area contributed by atoms with Gasteiger partial charge in [-0.15, -0.1) is 0 Å². The Bertz CT molecular complexity index is 1070. The van der Waals surface area contributed by atoms with Crippen LogP contribution in [0.4, 0.5) is 5.69 Å². The first-order chi connectivity index (χ1) is 14.8. The molecule has 0 aliphatic carbocycles. The van der Waals surface area contributed by atoms with Gasteiger partial charge in [-0.3, -0.25) is 4.79 Å². The van der Waals surface area contributed by atoms with Crippen molar-refractivity contribution >= 4 is 21.4 Å². The van der Waals surface area contributed by atoms with Gasteiger partial charge in [0.1, 0.15) is 12.4 Å². The average molecular weight is 444 g/mol. The molecule has 164 valence electrons. The predicted molar refractivity (Wildman–Crippen MR) is 116 cm³/mol. The Morgan fingerprint density at radius 1 is 1.06 bits per heavy atom. The molecule has 0 N–H and O–H groups in total. The minimum absolute atomic E-state index is 0.0751. The van der Waals surface area contributed by atoms with Crippen molar-refractivity contribution in [1.29, 1.82) is 5.26 Å². The molecule has 1 saturated heterocycles. The van der Waals surface area contributed by atoms with Crippen molar-refractivity contribution in [2.45, 2.75) is 4.90 Å². The molecule has 2 aromatic carbocycles. The number of methoxy groups -OCH3 is 1. The minimum Gasteiger partial charge on any atom is -0.490 e. The van der Waals surface area contributed by atoms with E-state index in [1.807, 2.05) is 12.1 Å². The standard InChI is InChI=1S/C22H25N3O5S/c1-29-13-14-30-21-8-7-19(31(2,27)28)15-20(21)22(26)25-11-9-24(10-12-25)18-5-3-17(16-23)4-6-18/h3-8,15H,9-14H2,1-2H3. The number of rotatable bonds is 7. The number of hydrogen-bond acceptors (Lipinski definition) is 7. The number of benzene rings is 2. The van der Waals surface area contributed by atoms with Gasteiger partial charge in [-0.2, -0.15) is 5.26 Å². The highest BCUT2D eigenvalue weighted by atomic mass is 32.2. The van der Waals surface area contributed by atoms with Gasteiger partial charge in [0.2, 0.25) is 0 Å². The highest BCUT2D eigenvalue weighted by Crippen LogP contribution is 2.26. The highest BCUT2D eigenvalue weighted by Gasteiger charge is 2.26. The van der Waals surface area contributed by atoms with Crippen molar-refractivity contribution in [3.63, 3.8) is 0 Å². The summed E-state index contributed by atoms with van der Waals surface area (Å²) in [6.45, 7) is 2.83. The summed E-state index contributed by atoms with van der Waals surface area (Å²) in [4.78, 5) is 17.1. The number of piperazine rings is 1. The molecule has 2 aromatic rings. The van der Waals surface area contributed by atoms with E-state index in [9.17, 15) is 13.2 Å². The molecular formula is C22H25N3O5S. The van der Waals surface area contributed by atoms with Crippen LogP contribution in [-0.2, 0) is 14.6 Å². The van der Waals surface area contributed by atoms with Crippen molar-refractivity contribution in [1.82, 2.24) is 4.90 Å². The molecule has 1 aliphatic heterocycles. The second kappa shape index (κ2) is 9.81. The largest absolute Gasteiger partial charge is 0.490 e. The van der Waals surface area contributed by atoms with E-state index in [0.717, 1.165) is 11.9 Å². The van der Waals surface area contributed by atoms with E-state index < -0.39 is 9.84 Å². The molecule has 0 radical (unpaired) electrons. The van der Waals surface area contributed by atoms with Gasteiger partial charge in [-0.1, -0.05) is 0 Å². The van der Waals surface area contributed by atoms with Gasteiger partial charge in [-0.05, 0) is 42.5 Å². The summed E-state index contributed by atoms with van der Waals surface area (Å²) in [5, 5.41) is 8.94. The minimum atomic E-state index is -3.46. The van der Waals surface area contributed by atoms with Crippen LogP contribution in [0.3, 0.4) is 0 Å². The summed E-state index contributed by atoms with van der Waals surface area (Å²) in [6, 6.07) is 13.8. The molecule has 0 atom stereocenters. The van der Waals surface area contributed by atoms with Crippen LogP contribution in [-0.4, -0.2) is 72.0 Å². The Morgan fingerprint density at radius 2 is 1.74 bits per heavy atom. The monoisotopic (exact) mass is 443 g/mol. The van der Waals surface area contributed by atoms with Crippen molar-refractivity contribution in [2.24, 2.45) is 0 Å². The van der Waals surface area contributed by atoms with Gasteiger partial charge in [0.05, 0.1) is 28.7 Å². The number of anilines is 1. The fourth-order valence-corrected chi connectivity index (χ4v) is 4.00. The van der Waals surface area contributed by atoms with Crippen LogP contribution in [0.1, 0.15) is 15.9 Å². The lowest BCUT2D eigenvalue weighted by atomic mass is 10.1. The molecule has 0 bridgehead atoms. The highest BCUT2D eigenvalue weighted by molar-refractivity contribution is 7.90. The number of nitrogens with zero attached hydrogens (tertiary/aromatic N) is 3. The molecule has 8 nitrogen and oxygen atoms in total. The van der Waals surface area contributed by atoms with Crippen molar-refractivity contribution in [3.05, 3.63) is 53.6 Å². The fraction of sp³-hybridized carbons (Fsp3) is 0.364. The van der Waals surface area contributed by atoms with Crippen molar-refractivity contribution in [2.75, 3.05) is 57.7 Å². The maximum absolute atomic E-state index is 13.2. The number of nitriles is 1. The quantitative estimate of drug-likeness (QED) is 0.603. The van der Waals surface area contributed by atoms with Gasteiger partial charge in [-0.25, -0.2) is 8.42 Å². The first-order valence-electron chi connectivity index (χ1n) is 9.83. The number of hydrogen-bond donors (Lipinski definition) is 0. The van der Waals surface area contributed by atoms with E-state index in [4.69, 9.17) is 14.7 Å². The predicted octanol–water partition coefficient (Wildman–Crippen LogP) is 1.95. The van der Waals surface area contributed by atoms with E-state index >= 15 is 0 Å². The first-order valence-corrected chi connectivity index (χ1v) is 11.7. The Labute approximate surface area is 182 Å². The SMILES string of the molecule is COCCOc1ccc(S(C)(=O)=O)cc1C(=O)N1CCN(c2ccc(C#N)cc2)CC1. The van der Waals surface area contributed by atoms with Crippen LogP contribution in [0.5, 0.6) is 5.75 Å². The Kier molecular flexibility index (Phi) is 7.15. The van der Waals surface area contributed by atoms with Crippen LogP contribution in [0, 0.1) is 11.3 Å². The second-order valence-corrected chi connectivity index (χ2v) is 9.23. The second-order valence-electron chi connectivity index (χ2n) is 7.21. The molecule has 0 saturated carbocycles. The maximum Gasteiger partial charge on any atom is 0.257 e. The van der Waals surface area contributed by atoms with Crippen LogP contribution >= 0.6 is 0 Å². The Morgan fingerprint density at radius 3 is 2.32 bits per heavy atom. The van der Waals surface area contributed by atoms with Gasteiger partial charge in [0.15, 0.2) is 9.84 Å². The number of amides is 1. The summed E-state index contributed by atoms with van der Waals surface area (Å²) in [5.41, 5.74) is 1.82. The molecule has 1 heterocycles. The van der Waals surface area contributed by atoms with Crippen LogP contribution in [0.25, 0.3) is 0 Å². The summed E-state index contributed by atoms with van der Waals surface area (Å²) in [6.07, 6.45) is 1.11. The third-order valence-corrected chi connectivity index (χ3v) is 6.19. The molecule has 1 aliphatic rings.